The highest BCUT2D eigenvalue weighted by Crippen LogP contribution is 2.27. The van der Waals surface area contributed by atoms with Crippen molar-refractivity contribution in [3.05, 3.63) is 72.2 Å². The van der Waals surface area contributed by atoms with Gasteiger partial charge in [-0.1, -0.05) is 6.07 Å². The maximum Gasteiger partial charge on any atom is 0.224 e. The average molecular weight is 441 g/mol. The number of H-pyrrole nitrogens is 1. The second-order valence-corrected chi connectivity index (χ2v) is 8.14. The highest BCUT2D eigenvalue weighted by molar-refractivity contribution is 5.93. The predicted molar refractivity (Wildman–Crippen MR) is 135 cm³/mol. The van der Waals surface area contributed by atoms with E-state index in [0.717, 1.165) is 46.8 Å². The third-order valence-corrected chi connectivity index (χ3v) is 5.77. The first-order valence-electron chi connectivity index (χ1n) is 11.2. The third kappa shape index (κ3) is 4.35. The fourth-order valence-corrected chi connectivity index (χ4v) is 4.19. The van der Waals surface area contributed by atoms with E-state index >= 15 is 0 Å². The number of rotatable bonds is 8. The first-order valence-corrected chi connectivity index (χ1v) is 11.2. The molecule has 0 spiro atoms. The number of anilines is 3. The fourth-order valence-electron chi connectivity index (χ4n) is 4.19. The van der Waals surface area contributed by atoms with Crippen LogP contribution in [-0.2, 0) is 13.5 Å². The Bertz CT molecular complexity index is 1420. The van der Waals surface area contributed by atoms with Crippen molar-refractivity contribution in [3.63, 3.8) is 0 Å². The number of fused-ring (bicyclic) bond motifs is 2. The lowest BCUT2D eigenvalue weighted by atomic mass is 10.1. The summed E-state index contributed by atoms with van der Waals surface area (Å²) in [5, 5.41) is 9.20. The highest BCUT2D eigenvalue weighted by Gasteiger charge is 2.09. The molecule has 0 fully saturated rings. The van der Waals surface area contributed by atoms with Crippen LogP contribution in [0.25, 0.3) is 21.8 Å². The summed E-state index contributed by atoms with van der Waals surface area (Å²) < 4.78 is 7.77. The van der Waals surface area contributed by atoms with Crippen LogP contribution in [0.3, 0.4) is 0 Å². The van der Waals surface area contributed by atoms with Crippen LogP contribution in [0.5, 0.6) is 5.75 Å². The third-order valence-electron chi connectivity index (χ3n) is 5.77. The van der Waals surface area contributed by atoms with Crippen molar-refractivity contribution in [3.8, 4) is 5.75 Å². The molecule has 168 valence electrons. The number of nitrogens with zero attached hydrogens (tertiary/aromatic N) is 3. The number of ether oxygens (including phenoxy) is 1. The van der Waals surface area contributed by atoms with Crippen LogP contribution >= 0.6 is 0 Å². The second kappa shape index (κ2) is 8.86. The van der Waals surface area contributed by atoms with Crippen LogP contribution in [0.2, 0.25) is 0 Å². The van der Waals surface area contributed by atoms with E-state index in [1.807, 2.05) is 33.0 Å². The van der Waals surface area contributed by atoms with E-state index in [-0.39, 0.29) is 0 Å². The summed E-state index contributed by atoms with van der Waals surface area (Å²) in [6.07, 6.45) is 4.97. The van der Waals surface area contributed by atoms with Gasteiger partial charge in [0.05, 0.1) is 6.61 Å². The standard InChI is InChI=1S/C26H28N6O/c1-4-33-19-8-9-22-21(15-19)18(16-28-22)10-12-27-26-29-17(2)14-25(31-26)30-23-6-5-7-24-20(23)11-13-32(24)3/h5-9,11,13-16,28H,4,10,12H2,1-3H3,(H2,27,29,30,31). The maximum atomic E-state index is 5.66. The maximum absolute atomic E-state index is 5.66. The van der Waals surface area contributed by atoms with Crippen LogP contribution in [0.4, 0.5) is 17.5 Å². The predicted octanol–water partition coefficient (Wildman–Crippen LogP) is 5.55. The molecule has 33 heavy (non-hydrogen) atoms. The van der Waals surface area contributed by atoms with E-state index in [1.165, 1.54) is 16.5 Å². The SMILES string of the molecule is CCOc1ccc2[nH]cc(CCNc3nc(C)cc(Nc4cccc5c4ccn5C)n3)c2c1. The van der Waals surface area contributed by atoms with E-state index in [4.69, 9.17) is 9.72 Å². The highest BCUT2D eigenvalue weighted by atomic mass is 16.5. The van der Waals surface area contributed by atoms with Crippen molar-refractivity contribution in [2.45, 2.75) is 20.3 Å². The van der Waals surface area contributed by atoms with Crippen molar-refractivity contribution < 1.29 is 4.74 Å². The Morgan fingerprint density at radius 3 is 2.85 bits per heavy atom. The summed E-state index contributed by atoms with van der Waals surface area (Å²) in [6, 6.07) is 16.5. The zero-order valence-corrected chi connectivity index (χ0v) is 19.1. The zero-order chi connectivity index (χ0) is 22.8. The number of aromatic nitrogens is 4. The Hall–Kier alpha value is -4.00. The molecule has 0 atom stereocenters. The van der Waals surface area contributed by atoms with Gasteiger partial charge >= 0.3 is 0 Å². The molecule has 2 aromatic carbocycles. The van der Waals surface area contributed by atoms with E-state index in [9.17, 15) is 0 Å². The molecular weight excluding hydrogens is 412 g/mol. The number of nitrogens with one attached hydrogen (secondary N) is 3. The molecule has 5 aromatic rings. The smallest absolute Gasteiger partial charge is 0.224 e. The number of aryl methyl sites for hydroxylation is 2. The summed E-state index contributed by atoms with van der Waals surface area (Å²) in [4.78, 5) is 12.6. The number of hydrogen-bond acceptors (Lipinski definition) is 5. The summed E-state index contributed by atoms with van der Waals surface area (Å²) in [6.45, 7) is 5.36. The van der Waals surface area contributed by atoms with Crippen molar-refractivity contribution in [1.82, 2.24) is 19.5 Å². The minimum atomic E-state index is 0.618. The van der Waals surface area contributed by atoms with Crippen molar-refractivity contribution in [2.75, 3.05) is 23.8 Å². The molecule has 0 aliphatic rings. The summed E-state index contributed by atoms with van der Waals surface area (Å²) in [7, 11) is 2.05. The average Bonchev–Trinajstić information content (AvgIpc) is 3.38. The number of aromatic amines is 1. The molecule has 7 heteroatoms. The molecule has 0 aliphatic carbocycles. The molecule has 3 N–H and O–H groups in total. The molecule has 0 aliphatic heterocycles. The number of hydrogen-bond donors (Lipinski definition) is 3. The Kier molecular flexibility index (Phi) is 5.60. The minimum Gasteiger partial charge on any atom is -0.494 e. The van der Waals surface area contributed by atoms with Crippen LogP contribution in [0.15, 0.2) is 60.9 Å². The Morgan fingerprint density at radius 1 is 1.06 bits per heavy atom. The second-order valence-electron chi connectivity index (χ2n) is 8.14. The molecule has 0 bridgehead atoms. The largest absolute Gasteiger partial charge is 0.494 e. The zero-order valence-electron chi connectivity index (χ0n) is 19.1. The normalized spacial score (nSPS) is 11.2. The molecular formula is C26H28N6O. The van der Waals surface area contributed by atoms with Gasteiger partial charge in [0, 0.05) is 65.2 Å². The van der Waals surface area contributed by atoms with Gasteiger partial charge in [0.2, 0.25) is 5.95 Å². The monoisotopic (exact) mass is 440 g/mol. The molecule has 0 amide bonds. The lowest BCUT2D eigenvalue weighted by Gasteiger charge is -2.11. The molecule has 5 rings (SSSR count). The molecule has 0 radical (unpaired) electrons. The molecule has 7 nitrogen and oxygen atoms in total. The fraction of sp³-hybridized carbons (Fsp3) is 0.231. The van der Waals surface area contributed by atoms with Crippen molar-refractivity contribution in [2.24, 2.45) is 7.05 Å². The Balaban J connectivity index is 1.30. The quantitative estimate of drug-likeness (QED) is 0.295. The molecule has 3 aromatic heterocycles. The van der Waals surface area contributed by atoms with E-state index in [2.05, 4.69) is 74.0 Å². The van der Waals surface area contributed by atoms with Gasteiger partial charge in [0.15, 0.2) is 0 Å². The summed E-state index contributed by atoms with van der Waals surface area (Å²) in [5.41, 5.74) is 5.46. The van der Waals surface area contributed by atoms with Crippen LogP contribution in [-0.4, -0.2) is 32.7 Å². The first-order chi connectivity index (χ1) is 16.1. The van der Waals surface area contributed by atoms with Crippen LogP contribution in [0, 0.1) is 6.92 Å². The topological polar surface area (TPSA) is 79.8 Å². The van der Waals surface area contributed by atoms with Gasteiger partial charge < -0.3 is 24.9 Å². The van der Waals surface area contributed by atoms with Gasteiger partial charge in [0.1, 0.15) is 11.6 Å². The molecule has 0 unspecified atom stereocenters. The van der Waals surface area contributed by atoms with Gasteiger partial charge in [-0.05, 0) is 62.2 Å². The number of benzene rings is 2. The minimum absolute atomic E-state index is 0.618. The lowest BCUT2D eigenvalue weighted by molar-refractivity contribution is 0.340. The Morgan fingerprint density at radius 2 is 1.97 bits per heavy atom. The van der Waals surface area contributed by atoms with Gasteiger partial charge in [0.25, 0.3) is 0 Å². The molecule has 0 saturated heterocycles. The van der Waals surface area contributed by atoms with Crippen LogP contribution in [0.1, 0.15) is 18.2 Å². The van der Waals surface area contributed by atoms with E-state index in [1.54, 1.807) is 0 Å². The summed E-state index contributed by atoms with van der Waals surface area (Å²) >= 11 is 0. The Labute approximate surface area is 192 Å². The molecule has 0 saturated carbocycles. The first kappa shape index (κ1) is 20.9. The van der Waals surface area contributed by atoms with E-state index < -0.39 is 0 Å². The molecule has 3 heterocycles. The van der Waals surface area contributed by atoms with Gasteiger partial charge in [-0.15, -0.1) is 0 Å². The van der Waals surface area contributed by atoms with Gasteiger partial charge in [-0.2, -0.15) is 4.98 Å². The lowest BCUT2D eigenvalue weighted by Crippen LogP contribution is -2.09. The van der Waals surface area contributed by atoms with E-state index in [0.29, 0.717) is 12.6 Å². The van der Waals surface area contributed by atoms with Crippen LogP contribution < -0.4 is 15.4 Å². The van der Waals surface area contributed by atoms with Crippen molar-refractivity contribution >= 4 is 39.3 Å². The summed E-state index contributed by atoms with van der Waals surface area (Å²) in [5.74, 6) is 2.28. The van der Waals surface area contributed by atoms with Crippen molar-refractivity contribution in [1.29, 1.82) is 0 Å². The van der Waals surface area contributed by atoms with Gasteiger partial charge in [-0.25, -0.2) is 4.98 Å². The van der Waals surface area contributed by atoms with Gasteiger partial charge in [-0.3, -0.25) is 0 Å².